The summed E-state index contributed by atoms with van der Waals surface area (Å²) < 4.78 is 86.9. The molecule has 2 aromatic rings. The van der Waals surface area contributed by atoms with Crippen LogP contribution in [0, 0.1) is 17.8 Å². The van der Waals surface area contributed by atoms with Crippen molar-refractivity contribution >= 4 is 29.7 Å². The van der Waals surface area contributed by atoms with Crippen molar-refractivity contribution in [2.24, 2.45) is 16.1 Å². The van der Waals surface area contributed by atoms with Gasteiger partial charge in [-0.05, 0) is 67.7 Å². The summed E-state index contributed by atoms with van der Waals surface area (Å²) in [6, 6.07) is 9.28. The van der Waals surface area contributed by atoms with Gasteiger partial charge in [-0.3, -0.25) is 14.5 Å². The number of esters is 1. The van der Waals surface area contributed by atoms with E-state index in [9.17, 15) is 45.8 Å². The minimum Gasteiger partial charge on any atom is -0.481 e. The average molecular weight is 808 g/mol. The van der Waals surface area contributed by atoms with Crippen LogP contribution < -0.4 is 10.6 Å². The Kier molecular flexibility index (Phi) is 12.9. The summed E-state index contributed by atoms with van der Waals surface area (Å²) in [5, 5.41) is 22.3. The maximum atomic E-state index is 13.7. The van der Waals surface area contributed by atoms with Gasteiger partial charge in [-0.15, -0.1) is 16.1 Å². The molecule has 6 rings (SSSR count). The Labute approximate surface area is 324 Å². The number of aliphatic carboxylic acids is 1. The molecule has 3 unspecified atom stereocenters. The van der Waals surface area contributed by atoms with Crippen molar-refractivity contribution in [2.45, 2.75) is 112 Å². The van der Waals surface area contributed by atoms with Crippen LogP contribution in [-0.2, 0) is 26.2 Å². The van der Waals surface area contributed by atoms with Gasteiger partial charge in [-0.25, -0.2) is 4.79 Å². The van der Waals surface area contributed by atoms with Crippen LogP contribution in [0.5, 0.6) is 0 Å². The number of carboxylic acid groups (broad SMARTS) is 1. The Bertz CT molecular complexity index is 1810. The van der Waals surface area contributed by atoms with Crippen molar-refractivity contribution in [3.63, 3.8) is 0 Å². The minimum atomic E-state index is -4.71. The fourth-order valence-corrected chi connectivity index (χ4v) is 9.26. The standard InChI is InChI=1S/C39H43F6N5O5S/c40-38(41,42)28-16-12-26(13-17-28)31-21-24(22-33(51)52)18-19-50(31)30(25-10-14-27(15-11-25)37(48-49-37)39(43,44)45)7-3-1-2-6-20-55-34(53)9-5-4-8-32-35-29(23-56-32)46-36(54)47-35/h10-17,24,29-32,35H,1-2,4-6,8-9,18-23H2,(H,51,52)(H2,46,47,54)/t24?,29-,30?,31?,32-,35-/m0/s1. The number of nitrogens with one attached hydrogen (secondary N) is 2. The monoisotopic (exact) mass is 807 g/mol. The fourth-order valence-electron chi connectivity index (χ4n) is 7.72. The molecule has 0 saturated carbocycles. The number of likely N-dealkylation sites (tertiary alicyclic amines) is 1. The number of hydrogen-bond acceptors (Lipinski definition) is 8. The maximum Gasteiger partial charge on any atom is 0.442 e. The first-order chi connectivity index (χ1) is 26.6. The van der Waals surface area contributed by atoms with Gasteiger partial charge >= 0.3 is 36.0 Å². The molecule has 0 spiro atoms. The zero-order valence-corrected chi connectivity index (χ0v) is 31.2. The van der Waals surface area contributed by atoms with Crippen LogP contribution in [0.3, 0.4) is 0 Å². The molecule has 2 amide bonds. The molecule has 0 radical (unpaired) electrons. The number of carboxylic acids is 1. The topological polar surface area (TPSA) is 133 Å². The summed E-state index contributed by atoms with van der Waals surface area (Å²) in [6.07, 6.45) is -4.31. The van der Waals surface area contributed by atoms with Crippen molar-refractivity contribution < 1.29 is 50.6 Å². The number of rotatable bonds is 15. The lowest BCUT2D eigenvalue weighted by atomic mass is 9.83. The van der Waals surface area contributed by atoms with E-state index in [4.69, 9.17) is 4.74 Å². The lowest BCUT2D eigenvalue weighted by Gasteiger charge is -2.42. The highest BCUT2D eigenvalue weighted by molar-refractivity contribution is 8.00. The molecule has 56 heavy (non-hydrogen) atoms. The number of piperidine rings is 1. The molecule has 4 aliphatic heterocycles. The summed E-state index contributed by atoms with van der Waals surface area (Å²) in [4.78, 5) is 37.5. The Morgan fingerprint density at radius 1 is 1.00 bits per heavy atom. The van der Waals surface area contributed by atoms with Crippen molar-refractivity contribution in [1.82, 2.24) is 15.5 Å². The van der Waals surface area contributed by atoms with Gasteiger partial charge in [0.25, 0.3) is 0 Å². The van der Waals surface area contributed by atoms with E-state index in [0.717, 1.165) is 30.7 Å². The molecule has 2 aromatic carbocycles. The molecule has 302 valence electrons. The Balaban J connectivity index is 1.08. The van der Waals surface area contributed by atoms with E-state index in [1.807, 2.05) is 16.7 Å². The summed E-state index contributed by atoms with van der Waals surface area (Å²) in [6.45, 7) is 0.557. The molecular weight excluding hydrogens is 765 g/mol. The van der Waals surface area contributed by atoms with Gasteiger partial charge in [0.1, 0.15) is 0 Å². The third-order valence-electron chi connectivity index (χ3n) is 10.8. The van der Waals surface area contributed by atoms with Crippen molar-refractivity contribution in [3.05, 3.63) is 70.8 Å². The van der Waals surface area contributed by atoms with Crippen LogP contribution in [0.4, 0.5) is 31.1 Å². The van der Waals surface area contributed by atoms with Gasteiger partial charge in [0, 0.05) is 48.4 Å². The molecule has 0 aromatic heterocycles. The van der Waals surface area contributed by atoms with E-state index in [2.05, 4.69) is 32.7 Å². The molecule has 4 heterocycles. The Morgan fingerprint density at radius 2 is 1.73 bits per heavy atom. The average Bonchev–Trinajstić information content (AvgIpc) is 3.79. The van der Waals surface area contributed by atoms with Gasteiger partial charge in [0.05, 0.1) is 30.3 Å². The van der Waals surface area contributed by atoms with Crippen LogP contribution in [0.1, 0.15) is 98.5 Å². The normalized spacial score (nSPS) is 24.7. The minimum absolute atomic E-state index is 0.119. The first kappa shape index (κ1) is 41.3. The van der Waals surface area contributed by atoms with Crippen molar-refractivity contribution in [1.29, 1.82) is 0 Å². The lowest BCUT2D eigenvalue weighted by Crippen LogP contribution is -2.39. The number of urea groups is 1. The number of carbonyl (C=O) groups excluding carboxylic acids is 2. The number of ether oxygens (including phenoxy) is 1. The largest absolute Gasteiger partial charge is 0.481 e. The zero-order chi connectivity index (χ0) is 40.1. The molecule has 3 fully saturated rings. The van der Waals surface area contributed by atoms with Crippen molar-refractivity contribution in [2.75, 3.05) is 18.9 Å². The van der Waals surface area contributed by atoms with Gasteiger partial charge in [-0.2, -0.15) is 38.1 Å². The number of thioether (sulfide) groups is 1. The third-order valence-corrected chi connectivity index (χ3v) is 12.3. The van der Waals surface area contributed by atoms with Crippen LogP contribution in [0.25, 0.3) is 0 Å². The Morgan fingerprint density at radius 3 is 2.39 bits per heavy atom. The summed E-state index contributed by atoms with van der Waals surface area (Å²) >= 11 is 1.83. The number of nitrogens with zero attached hydrogens (tertiary/aromatic N) is 3. The molecular formula is C39H43F6N5O5S. The van der Waals surface area contributed by atoms with E-state index in [1.165, 1.54) is 36.4 Å². The second kappa shape index (κ2) is 17.5. The number of alkyl halides is 6. The van der Waals surface area contributed by atoms with E-state index in [-0.39, 0.29) is 48.6 Å². The lowest BCUT2D eigenvalue weighted by molar-refractivity contribution is -0.166. The highest BCUT2D eigenvalue weighted by atomic mass is 32.2. The number of halogens is 6. The third kappa shape index (κ3) is 9.98. The SMILES string of the molecule is O=C(O)CC1CCN(C(C#CCCCCOC(=O)CCCC[C@@H]2SC[C@@H]3NC(=O)N[C@@H]32)c2ccc(C3(C(F)(F)F)N=N3)cc2)C(c2ccc(C(F)(F)F)cc2)C1. The molecule has 17 heteroatoms. The van der Waals surface area contributed by atoms with Crippen LogP contribution in [-0.4, -0.2) is 70.4 Å². The Hall–Kier alpha value is -4.30. The summed E-state index contributed by atoms with van der Waals surface area (Å²) in [5.74, 6) is 5.75. The first-order valence-electron chi connectivity index (χ1n) is 18.7. The second-order valence-electron chi connectivity index (χ2n) is 14.6. The number of benzene rings is 2. The molecule has 3 N–H and O–H groups in total. The smallest absolute Gasteiger partial charge is 0.442 e. The van der Waals surface area contributed by atoms with Crippen LogP contribution >= 0.6 is 11.8 Å². The number of hydrogen-bond donors (Lipinski definition) is 3. The van der Waals surface area contributed by atoms with Gasteiger partial charge in [-0.1, -0.05) is 48.7 Å². The fraction of sp³-hybridized carbons (Fsp3) is 0.564. The van der Waals surface area contributed by atoms with Crippen molar-refractivity contribution in [3.8, 4) is 11.8 Å². The molecule has 0 bridgehead atoms. The highest BCUT2D eigenvalue weighted by Gasteiger charge is 2.65. The van der Waals surface area contributed by atoms with E-state index < -0.39 is 41.6 Å². The molecule has 3 saturated heterocycles. The maximum absolute atomic E-state index is 13.7. The van der Waals surface area contributed by atoms with E-state index in [0.29, 0.717) is 67.9 Å². The summed E-state index contributed by atoms with van der Waals surface area (Å²) in [5.41, 5.74) is -2.50. The first-order valence-corrected chi connectivity index (χ1v) is 19.8. The number of carbonyl (C=O) groups is 3. The molecule has 4 aliphatic rings. The van der Waals surface area contributed by atoms with Crippen LogP contribution in [0.15, 0.2) is 58.8 Å². The highest BCUT2D eigenvalue weighted by Crippen LogP contribution is 2.52. The number of unbranched alkanes of at least 4 members (excludes halogenated alkanes) is 3. The van der Waals surface area contributed by atoms with Gasteiger partial charge in [0.15, 0.2) is 0 Å². The van der Waals surface area contributed by atoms with Gasteiger partial charge < -0.3 is 20.5 Å². The molecule has 0 aliphatic carbocycles. The predicted molar refractivity (Wildman–Crippen MR) is 194 cm³/mol. The molecule has 10 nitrogen and oxygen atoms in total. The van der Waals surface area contributed by atoms with E-state index >= 15 is 0 Å². The second-order valence-corrected chi connectivity index (χ2v) is 15.9. The summed E-state index contributed by atoms with van der Waals surface area (Å²) in [7, 11) is 0. The zero-order valence-electron chi connectivity index (χ0n) is 30.4. The number of amides is 2. The number of fused-ring (bicyclic) bond motifs is 1. The van der Waals surface area contributed by atoms with Crippen LogP contribution in [0.2, 0.25) is 0 Å². The quantitative estimate of drug-likeness (QED) is 0.0543. The van der Waals surface area contributed by atoms with E-state index in [1.54, 1.807) is 0 Å². The molecule has 6 atom stereocenters. The van der Waals surface area contributed by atoms with Gasteiger partial charge in [0.2, 0.25) is 0 Å². The predicted octanol–water partition coefficient (Wildman–Crippen LogP) is 8.30.